The summed E-state index contributed by atoms with van der Waals surface area (Å²) in [6.45, 7) is 3.48. The van der Waals surface area contributed by atoms with Crippen LogP contribution in [0, 0.1) is 19.7 Å². The molecule has 1 rings (SSSR count). The molecule has 0 heterocycles. The molecule has 0 amide bonds. The van der Waals surface area contributed by atoms with Crippen molar-refractivity contribution in [3.63, 3.8) is 0 Å². The molecule has 0 nitrogen and oxygen atoms in total. The predicted molar refractivity (Wildman–Crippen MR) is 47.6 cm³/mol. The van der Waals surface area contributed by atoms with E-state index in [4.69, 9.17) is 11.6 Å². The SMILES string of the molecule is C.Cc1ccc(C)c(Cl)c1F. The Bertz CT molecular complexity index is 229. The van der Waals surface area contributed by atoms with Gasteiger partial charge in [-0.05, 0) is 25.0 Å². The Morgan fingerprint density at radius 2 is 1.64 bits per heavy atom. The van der Waals surface area contributed by atoms with Crippen molar-refractivity contribution in [2.24, 2.45) is 0 Å². The van der Waals surface area contributed by atoms with E-state index < -0.39 is 0 Å². The van der Waals surface area contributed by atoms with Crippen LogP contribution in [0.1, 0.15) is 18.6 Å². The quantitative estimate of drug-likeness (QED) is 0.562. The lowest BCUT2D eigenvalue weighted by Gasteiger charge is -2.00. The standard InChI is InChI=1S/C8H8ClF.CH4/c1-5-3-4-6(2)8(10)7(5)9;/h3-4H,1-2H3;1H4. The fraction of sp³-hybridized carbons (Fsp3) is 0.333. The summed E-state index contributed by atoms with van der Waals surface area (Å²) in [5, 5.41) is 0.236. The van der Waals surface area contributed by atoms with E-state index >= 15 is 0 Å². The topological polar surface area (TPSA) is 0 Å². The van der Waals surface area contributed by atoms with Gasteiger partial charge in [0.1, 0.15) is 5.82 Å². The summed E-state index contributed by atoms with van der Waals surface area (Å²) in [7, 11) is 0. The molecule has 0 N–H and O–H groups in total. The maximum absolute atomic E-state index is 12.9. The molecule has 0 radical (unpaired) electrons. The Labute approximate surface area is 72.0 Å². The number of hydrogen-bond acceptors (Lipinski definition) is 0. The third kappa shape index (κ3) is 1.93. The zero-order chi connectivity index (χ0) is 7.72. The van der Waals surface area contributed by atoms with Gasteiger partial charge in [0, 0.05) is 0 Å². The van der Waals surface area contributed by atoms with Gasteiger partial charge in [0.15, 0.2) is 0 Å². The second-order valence-electron chi connectivity index (χ2n) is 2.33. The molecular formula is C9H12ClF. The lowest BCUT2D eigenvalue weighted by Crippen LogP contribution is -1.85. The Hall–Kier alpha value is -0.560. The number of rotatable bonds is 0. The highest BCUT2D eigenvalue weighted by atomic mass is 35.5. The van der Waals surface area contributed by atoms with Crippen molar-refractivity contribution in [1.29, 1.82) is 0 Å². The van der Waals surface area contributed by atoms with Crippen LogP contribution < -0.4 is 0 Å². The molecule has 0 saturated carbocycles. The van der Waals surface area contributed by atoms with Crippen LogP contribution in [0.5, 0.6) is 0 Å². The van der Waals surface area contributed by atoms with E-state index in [0.717, 1.165) is 5.56 Å². The minimum absolute atomic E-state index is 0. The summed E-state index contributed by atoms with van der Waals surface area (Å²) >= 11 is 5.61. The van der Waals surface area contributed by atoms with Crippen LogP contribution in [-0.2, 0) is 0 Å². The zero-order valence-electron chi connectivity index (χ0n) is 5.91. The second kappa shape index (κ2) is 3.72. The smallest absolute Gasteiger partial charge is 0.144 e. The maximum Gasteiger partial charge on any atom is 0.144 e. The van der Waals surface area contributed by atoms with Crippen molar-refractivity contribution in [2.75, 3.05) is 0 Å². The largest absolute Gasteiger partial charge is 0.205 e. The van der Waals surface area contributed by atoms with Gasteiger partial charge in [-0.3, -0.25) is 0 Å². The Balaban J connectivity index is 0.000001000. The van der Waals surface area contributed by atoms with Crippen LogP contribution in [0.2, 0.25) is 5.02 Å². The van der Waals surface area contributed by atoms with Crippen molar-refractivity contribution >= 4 is 11.6 Å². The van der Waals surface area contributed by atoms with E-state index in [2.05, 4.69) is 0 Å². The van der Waals surface area contributed by atoms with Gasteiger partial charge in [-0.25, -0.2) is 4.39 Å². The van der Waals surface area contributed by atoms with Gasteiger partial charge in [-0.15, -0.1) is 0 Å². The fourth-order valence-corrected chi connectivity index (χ4v) is 0.955. The molecule has 0 fully saturated rings. The molecule has 0 bridgehead atoms. The molecule has 2 heteroatoms. The zero-order valence-corrected chi connectivity index (χ0v) is 6.67. The molecule has 11 heavy (non-hydrogen) atoms. The molecule has 1 aromatic carbocycles. The molecule has 0 aliphatic heterocycles. The first-order valence-corrected chi connectivity index (χ1v) is 3.42. The minimum atomic E-state index is -0.304. The monoisotopic (exact) mass is 174 g/mol. The Morgan fingerprint density at radius 1 is 1.18 bits per heavy atom. The van der Waals surface area contributed by atoms with Crippen LogP contribution in [-0.4, -0.2) is 0 Å². The molecule has 0 unspecified atom stereocenters. The summed E-state index contributed by atoms with van der Waals surface area (Å²) in [6, 6.07) is 3.53. The lowest BCUT2D eigenvalue weighted by atomic mass is 10.1. The summed E-state index contributed by atoms with van der Waals surface area (Å²) < 4.78 is 12.9. The molecule has 0 aromatic heterocycles. The van der Waals surface area contributed by atoms with Crippen molar-refractivity contribution < 1.29 is 4.39 Å². The minimum Gasteiger partial charge on any atom is -0.205 e. The third-order valence-corrected chi connectivity index (χ3v) is 1.93. The average Bonchev–Trinajstić information content (AvgIpc) is 1.93. The molecule has 1 aromatic rings. The molecule has 0 atom stereocenters. The van der Waals surface area contributed by atoms with Crippen molar-refractivity contribution in [2.45, 2.75) is 21.3 Å². The van der Waals surface area contributed by atoms with E-state index in [1.165, 1.54) is 0 Å². The third-order valence-electron chi connectivity index (χ3n) is 1.47. The summed E-state index contributed by atoms with van der Waals surface area (Å²) in [6.07, 6.45) is 0. The van der Waals surface area contributed by atoms with Gasteiger partial charge in [0.2, 0.25) is 0 Å². The van der Waals surface area contributed by atoms with Gasteiger partial charge in [0.25, 0.3) is 0 Å². The number of benzene rings is 1. The van der Waals surface area contributed by atoms with Gasteiger partial charge >= 0.3 is 0 Å². The van der Waals surface area contributed by atoms with Crippen LogP contribution in [0.15, 0.2) is 12.1 Å². The highest BCUT2D eigenvalue weighted by molar-refractivity contribution is 6.31. The molecular weight excluding hydrogens is 163 g/mol. The van der Waals surface area contributed by atoms with E-state index in [1.807, 2.05) is 0 Å². The van der Waals surface area contributed by atoms with Crippen molar-refractivity contribution in [1.82, 2.24) is 0 Å². The fourth-order valence-electron chi connectivity index (χ4n) is 0.743. The van der Waals surface area contributed by atoms with Crippen LogP contribution in [0.3, 0.4) is 0 Å². The van der Waals surface area contributed by atoms with Gasteiger partial charge in [0.05, 0.1) is 5.02 Å². The first-order valence-electron chi connectivity index (χ1n) is 3.04. The summed E-state index contributed by atoms with van der Waals surface area (Å²) in [5.74, 6) is -0.304. The number of hydrogen-bond donors (Lipinski definition) is 0. The van der Waals surface area contributed by atoms with Crippen LogP contribution in [0.25, 0.3) is 0 Å². The first kappa shape index (κ1) is 10.4. The Kier molecular flexibility index (Phi) is 3.53. The normalized spacial score (nSPS) is 9.09. The van der Waals surface area contributed by atoms with Crippen molar-refractivity contribution in [3.8, 4) is 0 Å². The Morgan fingerprint density at radius 3 is 2.09 bits per heavy atom. The highest BCUT2D eigenvalue weighted by Crippen LogP contribution is 2.21. The molecule has 0 spiro atoms. The van der Waals surface area contributed by atoms with E-state index in [0.29, 0.717) is 5.56 Å². The summed E-state index contributed by atoms with van der Waals surface area (Å²) in [5.41, 5.74) is 1.38. The molecule has 62 valence electrons. The van der Waals surface area contributed by atoms with Crippen LogP contribution in [0.4, 0.5) is 4.39 Å². The second-order valence-corrected chi connectivity index (χ2v) is 2.71. The number of aryl methyl sites for hydroxylation is 2. The highest BCUT2D eigenvalue weighted by Gasteiger charge is 2.03. The predicted octanol–water partition coefficient (Wildman–Crippen LogP) is 3.73. The van der Waals surface area contributed by atoms with E-state index in [9.17, 15) is 4.39 Å². The molecule has 0 aliphatic carbocycles. The van der Waals surface area contributed by atoms with Gasteiger partial charge < -0.3 is 0 Å². The molecule has 0 aliphatic rings. The van der Waals surface area contributed by atoms with E-state index in [1.54, 1.807) is 26.0 Å². The molecule has 0 saturated heterocycles. The van der Waals surface area contributed by atoms with Gasteiger partial charge in [-0.2, -0.15) is 0 Å². The van der Waals surface area contributed by atoms with E-state index in [-0.39, 0.29) is 18.3 Å². The average molecular weight is 175 g/mol. The number of halogens is 2. The van der Waals surface area contributed by atoms with Crippen LogP contribution >= 0.6 is 11.6 Å². The lowest BCUT2D eigenvalue weighted by molar-refractivity contribution is 0.618. The maximum atomic E-state index is 12.9. The first-order chi connectivity index (χ1) is 4.63. The summed E-state index contributed by atoms with van der Waals surface area (Å²) in [4.78, 5) is 0. The van der Waals surface area contributed by atoms with Gasteiger partial charge in [-0.1, -0.05) is 31.2 Å². The van der Waals surface area contributed by atoms with Crippen molar-refractivity contribution in [3.05, 3.63) is 34.1 Å².